The summed E-state index contributed by atoms with van der Waals surface area (Å²) in [6.07, 6.45) is 4.33. The Bertz CT molecular complexity index is 580. The number of halogens is 1. The Morgan fingerprint density at radius 3 is 3.00 bits per heavy atom. The van der Waals surface area contributed by atoms with Gasteiger partial charge in [0.1, 0.15) is 16.9 Å². The summed E-state index contributed by atoms with van der Waals surface area (Å²) in [6, 6.07) is 3.70. The number of rotatable bonds is 4. The maximum atomic E-state index is 11.0. The highest BCUT2D eigenvalue weighted by atomic mass is 79.9. The number of nitrogens with zero attached hydrogens (tertiary/aromatic N) is 3. The fourth-order valence-electron chi connectivity index (χ4n) is 1.26. The molecule has 2 aromatic rings. The standard InChI is InChI=1S/C11H8BrN3O2S/c12-8-2-1-3-14-10(8)18-5-9-7(11(16)17)4-13-6-15-9/h1-4,6H,5H2,(H,16,17). The van der Waals surface area contributed by atoms with Crippen LogP contribution in [0.3, 0.4) is 0 Å². The van der Waals surface area contributed by atoms with E-state index in [-0.39, 0.29) is 5.56 Å². The molecule has 0 saturated carbocycles. The van der Waals surface area contributed by atoms with Crippen LogP contribution in [0.1, 0.15) is 16.1 Å². The van der Waals surface area contributed by atoms with Gasteiger partial charge in [0.25, 0.3) is 0 Å². The van der Waals surface area contributed by atoms with Crippen molar-refractivity contribution >= 4 is 33.7 Å². The van der Waals surface area contributed by atoms with Gasteiger partial charge in [0.15, 0.2) is 0 Å². The highest BCUT2D eigenvalue weighted by Crippen LogP contribution is 2.27. The molecule has 0 unspecified atom stereocenters. The third-order valence-corrected chi connectivity index (χ3v) is 4.01. The summed E-state index contributed by atoms with van der Waals surface area (Å²) < 4.78 is 0.876. The highest BCUT2D eigenvalue weighted by Gasteiger charge is 2.12. The molecule has 0 atom stereocenters. The van der Waals surface area contributed by atoms with Crippen LogP contribution in [0.5, 0.6) is 0 Å². The lowest BCUT2D eigenvalue weighted by Crippen LogP contribution is -2.04. The van der Waals surface area contributed by atoms with Gasteiger partial charge in [-0.15, -0.1) is 0 Å². The van der Waals surface area contributed by atoms with Crippen LogP contribution in [-0.4, -0.2) is 26.0 Å². The number of carboxylic acid groups (broad SMARTS) is 1. The van der Waals surface area contributed by atoms with Crippen LogP contribution in [0.15, 0.2) is 40.4 Å². The maximum absolute atomic E-state index is 11.0. The molecule has 0 aromatic carbocycles. The quantitative estimate of drug-likeness (QED) is 0.871. The molecule has 2 rings (SSSR count). The van der Waals surface area contributed by atoms with E-state index in [0.29, 0.717) is 11.4 Å². The van der Waals surface area contributed by atoms with Crippen molar-refractivity contribution in [2.24, 2.45) is 0 Å². The lowest BCUT2D eigenvalue weighted by molar-refractivity contribution is 0.0695. The van der Waals surface area contributed by atoms with Crippen molar-refractivity contribution in [2.45, 2.75) is 10.8 Å². The van der Waals surface area contributed by atoms with Crippen LogP contribution in [0.4, 0.5) is 0 Å². The van der Waals surface area contributed by atoms with Crippen LogP contribution >= 0.6 is 27.7 Å². The van der Waals surface area contributed by atoms with Crippen molar-refractivity contribution < 1.29 is 9.90 Å². The Morgan fingerprint density at radius 1 is 1.44 bits per heavy atom. The van der Waals surface area contributed by atoms with Gasteiger partial charge in [0.2, 0.25) is 0 Å². The van der Waals surface area contributed by atoms with Gasteiger partial charge in [-0.05, 0) is 28.1 Å². The first-order valence-electron chi connectivity index (χ1n) is 4.94. The van der Waals surface area contributed by atoms with Gasteiger partial charge in [-0.2, -0.15) is 0 Å². The zero-order valence-corrected chi connectivity index (χ0v) is 11.5. The topological polar surface area (TPSA) is 76.0 Å². The molecule has 1 N–H and O–H groups in total. The summed E-state index contributed by atoms with van der Waals surface area (Å²) in [5.41, 5.74) is 0.608. The lowest BCUT2D eigenvalue weighted by Gasteiger charge is -2.04. The van der Waals surface area contributed by atoms with Gasteiger partial charge in [0, 0.05) is 22.6 Å². The molecular formula is C11H8BrN3O2S. The molecule has 18 heavy (non-hydrogen) atoms. The first-order valence-corrected chi connectivity index (χ1v) is 6.72. The molecule has 0 bridgehead atoms. The van der Waals surface area contributed by atoms with Gasteiger partial charge >= 0.3 is 5.97 Å². The number of hydrogen-bond acceptors (Lipinski definition) is 5. The number of hydrogen-bond donors (Lipinski definition) is 1. The lowest BCUT2D eigenvalue weighted by atomic mass is 10.2. The van der Waals surface area contributed by atoms with Crippen LogP contribution in [0, 0.1) is 0 Å². The molecule has 7 heteroatoms. The second kappa shape index (κ2) is 5.92. The molecule has 0 saturated heterocycles. The molecule has 2 heterocycles. The van der Waals surface area contributed by atoms with Crippen molar-refractivity contribution in [1.82, 2.24) is 15.0 Å². The minimum absolute atomic E-state index is 0.122. The third kappa shape index (κ3) is 3.05. The molecule has 0 aliphatic rings. The average molecular weight is 326 g/mol. The van der Waals surface area contributed by atoms with E-state index in [2.05, 4.69) is 30.9 Å². The zero-order valence-electron chi connectivity index (χ0n) is 9.08. The van der Waals surface area contributed by atoms with E-state index in [9.17, 15) is 4.79 Å². The molecule has 0 aliphatic heterocycles. The van der Waals surface area contributed by atoms with E-state index in [1.807, 2.05) is 12.1 Å². The first-order chi connectivity index (χ1) is 8.68. The highest BCUT2D eigenvalue weighted by molar-refractivity contribution is 9.10. The number of thioether (sulfide) groups is 1. The monoisotopic (exact) mass is 325 g/mol. The number of carboxylic acids is 1. The normalized spacial score (nSPS) is 10.3. The first kappa shape index (κ1) is 13.0. The number of carbonyl (C=O) groups is 1. The van der Waals surface area contributed by atoms with Crippen molar-refractivity contribution in [2.75, 3.05) is 0 Å². The van der Waals surface area contributed by atoms with Crippen LogP contribution in [0.2, 0.25) is 0 Å². The number of aromatic carboxylic acids is 1. The number of aromatic nitrogens is 3. The average Bonchev–Trinajstić information content (AvgIpc) is 2.38. The van der Waals surface area contributed by atoms with E-state index in [4.69, 9.17) is 5.11 Å². The summed E-state index contributed by atoms with van der Waals surface area (Å²) in [4.78, 5) is 22.9. The molecule has 0 fully saturated rings. The largest absolute Gasteiger partial charge is 0.478 e. The Hall–Kier alpha value is -1.47. The van der Waals surface area contributed by atoms with Crippen molar-refractivity contribution in [1.29, 1.82) is 0 Å². The SMILES string of the molecule is O=C(O)c1cncnc1CSc1ncccc1Br. The Balaban J connectivity index is 2.16. The summed E-state index contributed by atoms with van der Waals surface area (Å²) in [5.74, 6) is -0.592. The second-order valence-electron chi connectivity index (χ2n) is 3.27. The van der Waals surface area contributed by atoms with Crippen LogP contribution in [-0.2, 0) is 5.75 Å². The van der Waals surface area contributed by atoms with Gasteiger partial charge < -0.3 is 5.11 Å². The molecule has 0 aliphatic carbocycles. The molecule has 92 valence electrons. The summed E-state index contributed by atoms with van der Waals surface area (Å²) in [5, 5.41) is 9.80. The molecular weight excluding hydrogens is 318 g/mol. The van der Waals surface area contributed by atoms with E-state index in [0.717, 1.165) is 9.50 Å². The van der Waals surface area contributed by atoms with Crippen LogP contribution in [0.25, 0.3) is 0 Å². The molecule has 5 nitrogen and oxygen atoms in total. The van der Waals surface area contributed by atoms with Crippen molar-refractivity contribution in [3.63, 3.8) is 0 Å². The smallest absolute Gasteiger partial charge is 0.339 e. The third-order valence-electron chi connectivity index (χ3n) is 2.10. The fraction of sp³-hybridized carbons (Fsp3) is 0.0909. The van der Waals surface area contributed by atoms with E-state index in [1.165, 1.54) is 24.3 Å². The van der Waals surface area contributed by atoms with Gasteiger partial charge in [-0.1, -0.05) is 11.8 Å². The maximum Gasteiger partial charge on any atom is 0.339 e. The predicted octanol–water partition coefficient (Wildman–Crippen LogP) is 2.62. The van der Waals surface area contributed by atoms with Gasteiger partial charge in [-0.3, -0.25) is 0 Å². The van der Waals surface area contributed by atoms with Gasteiger partial charge in [0.05, 0.1) is 5.69 Å². The summed E-state index contributed by atoms with van der Waals surface area (Å²) >= 11 is 4.80. The minimum Gasteiger partial charge on any atom is -0.478 e. The van der Waals surface area contributed by atoms with Gasteiger partial charge in [-0.25, -0.2) is 19.7 Å². The molecule has 0 amide bonds. The van der Waals surface area contributed by atoms with E-state index < -0.39 is 5.97 Å². The Kier molecular flexibility index (Phi) is 4.27. The molecule has 2 aromatic heterocycles. The minimum atomic E-state index is -1.02. The molecule has 0 radical (unpaired) electrons. The zero-order chi connectivity index (χ0) is 13.0. The van der Waals surface area contributed by atoms with Crippen LogP contribution < -0.4 is 0 Å². The molecule has 0 spiro atoms. The summed E-state index contributed by atoms with van der Waals surface area (Å²) in [7, 11) is 0. The summed E-state index contributed by atoms with van der Waals surface area (Å²) in [6.45, 7) is 0. The van der Waals surface area contributed by atoms with Crippen molar-refractivity contribution in [3.8, 4) is 0 Å². The predicted molar refractivity (Wildman–Crippen MR) is 70.5 cm³/mol. The number of pyridine rings is 1. The fourth-order valence-corrected chi connectivity index (χ4v) is 2.71. The van der Waals surface area contributed by atoms with E-state index >= 15 is 0 Å². The Labute approximate surface area is 116 Å². The van der Waals surface area contributed by atoms with E-state index in [1.54, 1.807) is 6.20 Å². The van der Waals surface area contributed by atoms with Crippen molar-refractivity contribution in [3.05, 3.63) is 46.6 Å². The Morgan fingerprint density at radius 2 is 2.28 bits per heavy atom. The second-order valence-corrected chi connectivity index (χ2v) is 5.09.